The van der Waals surface area contributed by atoms with E-state index < -0.39 is 10.8 Å². The first kappa shape index (κ1) is 20.7. The van der Waals surface area contributed by atoms with Gasteiger partial charge in [-0.2, -0.15) is 0 Å². The van der Waals surface area contributed by atoms with Crippen LogP contribution in [0.3, 0.4) is 0 Å². The summed E-state index contributed by atoms with van der Waals surface area (Å²) in [7, 11) is 0.388. The van der Waals surface area contributed by atoms with E-state index in [0.29, 0.717) is 27.7 Å². The van der Waals surface area contributed by atoms with Crippen LogP contribution in [-0.4, -0.2) is 54.8 Å². The van der Waals surface area contributed by atoms with Crippen molar-refractivity contribution in [2.75, 3.05) is 49.6 Å². The molecule has 0 radical (unpaired) electrons. The Bertz CT molecular complexity index is 1120. The number of nitrogens with zero attached hydrogens (tertiary/aromatic N) is 3. The fourth-order valence-corrected chi connectivity index (χ4v) is 5.69. The fraction of sp³-hybridized carbons (Fsp3) is 0.240. The van der Waals surface area contributed by atoms with Crippen molar-refractivity contribution >= 4 is 33.8 Å². The van der Waals surface area contributed by atoms with Gasteiger partial charge in [0.15, 0.2) is 0 Å². The summed E-state index contributed by atoms with van der Waals surface area (Å²) in [4.78, 5) is 21.1. The smallest absolute Gasteiger partial charge is 0.245 e. The summed E-state index contributed by atoms with van der Waals surface area (Å²) in [5.74, 6) is 0.844. The Morgan fingerprint density at radius 1 is 0.875 bits per heavy atom. The molecule has 32 heavy (non-hydrogen) atoms. The van der Waals surface area contributed by atoms with Gasteiger partial charge in [0, 0.05) is 37.9 Å². The van der Waals surface area contributed by atoms with E-state index in [1.807, 2.05) is 66.7 Å². The van der Waals surface area contributed by atoms with Gasteiger partial charge in [0.1, 0.15) is 5.75 Å². The highest BCUT2D eigenvalue weighted by Crippen LogP contribution is 2.41. The zero-order valence-electron chi connectivity index (χ0n) is 17.9. The maximum absolute atomic E-state index is 13.5. The van der Waals surface area contributed by atoms with Crippen molar-refractivity contribution in [2.45, 2.75) is 9.79 Å². The number of para-hydroxylation sites is 2. The number of piperazine rings is 1. The molecule has 6 nitrogen and oxygen atoms in total. The highest BCUT2D eigenvalue weighted by Gasteiger charge is 2.32. The topological polar surface area (TPSA) is 53.1 Å². The van der Waals surface area contributed by atoms with Gasteiger partial charge < -0.3 is 9.64 Å². The Balaban J connectivity index is 1.32. The molecule has 0 unspecified atom stereocenters. The zero-order valence-corrected chi connectivity index (χ0v) is 18.8. The van der Waals surface area contributed by atoms with Crippen LogP contribution in [0.25, 0.3) is 0 Å². The van der Waals surface area contributed by atoms with Crippen molar-refractivity contribution in [3.05, 3.63) is 72.8 Å². The minimum Gasteiger partial charge on any atom is -0.497 e. The van der Waals surface area contributed by atoms with Crippen LogP contribution in [-0.2, 0) is 15.6 Å². The third-order valence-corrected chi connectivity index (χ3v) is 7.50. The second-order valence-electron chi connectivity index (χ2n) is 7.90. The number of methoxy groups -OCH3 is 1. The number of hydrogen-bond donors (Lipinski definition) is 0. The highest BCUT2D eigenvalue weighted by atomic mass is 32.2. The van der Waals surface area contributed by atoms with Gasteiger partial charge in [-0.1, -0.05) is 30.3 Å². The van der Waals surface area contributed by atoms with E-state index in [2.05, 4.69) is 15.9 Å². The SMILES string of the molecule is COc1cccc(N2CCN(CC(=O)N3c4ccccc4S(=O)c4ccccc43)CC2)c1. The molecule has 0 N–H and O–H groups in total. The molecule has 2 heterocycles. The Kier molecular flexibility index (Phi) is 5.68. The highest BCUT2D eigenvalue weighted by molar-refractivity contribution is 7.85. The molecule has 0 bridgehead atoms. The zero-order chi connectivity index (χ0) is 22.1. The Morgan fingerprint density at radius 2 is 1.50 bits per heavy atom. The lowest BCUT2D eigenvalue weighted by molar-refractivity contribution is -0.119. The Morgan fingerprint density at radius 3 is 2.12 bits per heavy atom. The lowest BCUT2D eigenvalue weighted by Gasteiger charge is -2.37. The van der Waals surface area contributed by atoms with Gasteiger partial charge in [-0.25, -0.2) is 4.21 Å². The molecule has 0 aliphatic carbocycles. The summed E-state index contributed by atoms with van der Waals surface area (Å²) in [6.45, 7) is 3.61. The molecule has 0 spiro atoms. The van der Waals surface area contributed by atoms with Crippen LogP contribution >= 0.6 is 0 Å². The monoisotopic (exact) mass is 447 g/mol. The van der Waals surface area contributed by atoms with Crippen LogP contribution in [0.4, 0.5) is 17.1 Å². The quantitative estimate of drug-likeness (QED) is 0.611. The predicted molar refractivity (Wildman–Crippen MR) is 126 cm³/mol. The molecule has 2 aliphatic rings. The molecule has 5 rings (SSSR count). The van der Waals surface area contributed by atoms with Crippen molar-refractivity contribution < 1.29 is 13.7 Å². The van der Waals surface area contributed by atoms with Gasteiger partial charge in [0.2, 0.25) is 5.91 Å². The summed E-state index contributed by atoms with van der Waals surface area (Å²) in [5.41, 5.74) is 2.56. The minimum atomic E-state index is -1.29. The van der Waals surface area contributed by atoms with Crippen molar-refractivity contribution in [1.29, 1.82) is 0 Å². The van der Waals surface area contributed by atoms with Crippen LogP contribution in [0.5, 0.6) is 5.75 Å². The molecule has 0 atom stereocenters. The first-order valence-electron chi connectivity index (χ1n) is 10.7. The summed E-state index contributed by atoms with van der Waals surface area (Å²) >= 11 is 0. The second-order valence-corrected chi connectivity index (χ2v) is 9.32. The number of anilines is 3. The van der Waals surface area contributed by atoms with E-state index in [4.69, 9.17) is 4.74 Å². The number of hydrogen-bond acceptors (Lipinski definition) is 5. The molecule has 1 fully saturated rings. The average molecular weight is 448 g/mol. The second kappa shape index (κ2) is 8.76. The first-order chi connectivity index (χ1) is 15.7. The molecule has 1 saturated heterocycles. The minimum absolute atomic E-state index is 0.00331. The molecule has 1 amide bonds. The van der Waals surface area contributed by atoms with Gasteiger partial charge in [-0.15, -0.1) is 0 Å². The van der Waals surface area contributed by atoms with Crippen molar-refractivity contribution in [1.82, 2.24) is 4.90 Å². The van der Waals surface area contributed by atoms with Crippen molar-refractivity contribution in [3.8, 4) is 5.75 Å². The number of benzene rings is 3. The van der Waals surface area contributed by atoms with E-state index >= 15 is 0 Å². The molecule has 164 valence electrons. The molecule has 0 aromatic heterocycles. The van der Waals surface area contributed by atoms with Gasteiger partial charge in [0.05, 0.1) is 45.6 Å². The Labute approximate surface area is 190 Å². The third kappa shape index (κ3) is 3.78. The largest absolute Gasteiger partial charge is 0.497 e. The van der Waals surface area contributed by atoms with Crippen LogP contribution in [0.15, 0.2) is 82.6 Å². The van der Waals surface area contributed by atoms with Crippen LogP contribution < -0.4 is 14.5 Å². The number of carbonyl (C=O) groups is 1. The number of carbonyl (C=O) groups excluding carboxylic acids is 1. The van der Waals surface area contributed by atoms with Gasteiger partial charge in [0.25, 0.3) is 0 Å². The molecule has 3 aromatic carbocycles. The van der Waals surface area contributed by atoms with E-state index in [0.717, 1.165) is 37.6 Å². The van der Waals surface area contributed by atoms with E-state index in [-0.39, 0.29) is 5.91 Å². The van der Waals surface area contributed by atoms with Crippen molar-refractivity contribution in [2.24, 2.45) is 0 Å². The van der Waals surface area contributed by atoms with E-state index in [1.54, 1.807) is 12.0 Å². The Hall–Kier alpha value is -3.16. The number of fused-ring (bicyclic) bond motifs is 2. The molecule has 0 saturated carbocycles. The van der Waals surface area contributed by atoms with Gasteiger partial charge >= 0.3 is 0 Å². The first-order valence-corrected chi connectivity index (χ1v) is 11.8. The molecular formula is C25H25N3O3S. The van der Waals surface area contributed by atoms with Gasteiger partial charge in [-0.05, 0) is 36.4 Å². The van der Waals surface area contributed by atoms with Crippen LogP contribution in [0.1, 0.15) is 0 Å². The normalized spacial score (nSPS) is 16.4. The maximum atomic E-state index is 13.5. The van der Waals surface area contributed by atoms with Gasteiger partial charge in [-0.3, -0.25) is 14.6 Å². The molecule has 3 aromatic rings. The summed E-state index contributed by atoms with van der Waals surface area (Å²) < 4.78 is 18.4. The predicted octanol–water partition coefficient (Wildman–Crippen LogP) is 3.66. The lowest BCUT2D eigenvalue weighted by Crippen LogP contribution is -2.50. The molecule has 2 aliphatic heterocycles. The standard InChI is InChI=1S/C25H25N3O3S/c1-31-20-8-6-7-19(17-20)27-15-13-26(14-16-27)18-25(29)28-21-9-2-4-11-23(21)32(30)24-12-5-3-10-22(24)28/h2-12,17H,13-16,18H2,1H3. The summed E-state index contributed by atoms with van der Waals surface area (Å²) in [6.07, 6.45) is 0. The lowest BCUT2D eigenvalue weighted by atomic mass is 10.2. The summed E-state index contributed by atoms with van der Waals surface area (Å²) in [5, 5.41) is 0. The number of rotatable bonds is 4. The van der Waals surface area contributed by atoms with E-state index in [1.165, 1.54) is 0 Å². The van der Waals surface area contributed by atoms with Crippen molar-refractivity contribution in [3.63, 3.8) is 0 Å². The average Bonchev–Trinajstić information content (AvgIpc) is 2.85. The summed E-state index contributed by atoms with van der Waals surface area (Å²) in [6, 6.07) is 23.0. The third-order valence-electron chi connectivity index (χ3n) is 6.01. The van der Waals surface area contributed by atoms with E-state index in [9.17, 15) is 9.00 Å². The molecular weight excluding hydrogens is 422 g/mol. The fourth-order valence-electron chi connectivity index (χ4n) is 4.35. The maximum Gasteiger partial charge on any atom is 0.245 e. The number of ether oxygens (including phenoxy) is 1. The van der Waals surface area contributed by atoms with Crippen LogP contribution in [0.2, 0.25) is 0 Å². The van der Waals surface area contributed by atoms with Crippen LogP contribution in [0, 0.1) is 0 Å². The molecule has 7 heteroatoms. The number of amides is 1.